The fourth-order valence-corrected chi connectivity index (χ4v) is 0.868. The highest BCUT2D eigenvalue weighted by molar-refractivity contribution is 5.43. The molecule has 11 heavy (non-hydrogen) atoms. The Hall–Kier alpha value is -1.05. The zero-order valence-corrected chi connectivity index (χ0v) is 7.33. The largest absolute Gasteiger partial charge is 0.374 e. The molecule has 2 nitrogen and oxygen atoms in total. The minimum atomic E-state index is 1.02. The fraction of sp³-hybridized carbons (Fsp3) is 0.444. The van der Waals surface area contributed by atoms with E-state index in [1.54, 1.807) is 0 Å². The van der Waals surface area contributed by atoms with Gasteiger partial charge in [-0.3, -0.25) is 4.98 Å². The van der Waals surface area contributed by atoms with E-state index in [1.807, 2.05) is 19.2 Å². The van der Waals surface area contributed by atoms with Crippen LogP contribution in [0.5, 0.6) is 0 Å². The van der Waals surface area contributed by atoms with Crippen molar-refractivity contribution in [1.29, 1.82) is 0 Å². The summed E-state index contributed by atoms with van der Waals surface area (Å²) in [5.41, 5.74) is 2.25. The van der Waals surface area contributed by atoms with Gasteiger partial charge in [-0.25, -0.2) is 0 Å². The lowest BCUT2D eigenvalue weighted by Gasteiger charge is -2.15. The predicted molar refractivity (Wildman–Crippen MR) is 47.9 cm³/mol. The summed E-state index contributed by atoms with van der Waals surface area (Å²) in [6.45, 7) is 5.14. The first-order valence-electron chi connectivity index (χ1n) is 3.88. The minimum Gasteiger partial charge on any atom is -0.374 e. The normalized spacial score (nSPS) is 9.73. The van der Waals surface area contributed by atoms with Crippen LogP contribution in [-0.2, 0) is 0 Å². The van der Waals surface area contributed by atoms with Crippen LogP contribution in [-0.4, -0.2) is 18.6 Å². The van der Waals surface area contributed by atoms with Gasteiger partial charge < -0.3 is 4.90 Å². The molecule has 0 aliphatic rings. The number of hydrogen-bond donors (Lipinski definition) is 0. The maximum absolute atomic E-state index is 4.21. The van der Waals surface area contributed by atoms with Crippen LogP contribution < -0.4 is 4.90 Å². The van der Waals surface area contributed by atoms with E-state index in [-0.39, 0.29) is 0 Å². The van der Waals surface area contributed by atoms with Crippen molar-refractivity contribution < 1.29 is 0 Å². The number of aromatic nitrogens is 1. The monoisotopic (exact) mass is 150 g/mol. The number of pyridine rings is 1. The Morgan fingerprint density at radius 1 is 1.45 bits per heavy atom. The molecule has 0 spiro atoms. The molecule has 0 aromatic carbocycles. The van der Waals surface area contributed by atoms with Crippen LogP contribution in [0.4, 0.5) is 5.69 Å². The second kappa shape index (κ2) is 3.37. The van der Waals surface area contributed by atoms with E-state index in [0.29, 0.717) is 0 Å². The second-order valence-electron chi connectivity index (χ2n) is 2.67. The Morgan fingerprint density at radius 2 is 2.18 bits per heavy atom. The Balaban J connectivity index is 2.81. The molecule has 1 aromatic heterocycles. The van der Waals surface area contributed by atoms with Crippen molar-refractivity contribution in [2.24, 2.45) is 0 Å². The van der Waals surface area contributed by atoms with Gasteiger partial charge in [-0.15, -0.1) is 0 Å². The van der Waals surface area contributed by atoms with E-state index >= 15 is 0 Å². The van der Waals surface area contributed by atoms with Crippen LogP contribution in [0.3, 0.4) is 0 Å². The molecular formula is C9H14N2. The molecule has 1 aromatic rings. The van der Waals surface area contributed by atoms with Gasteiger partial charge in [0.25, 0.3) is 0 Å². The molecule has 1 rings (SSSR count). The standard InChI is InChI=1S/C9H14N2/c1-4-11(3)9-6-5-8(2)10-7-9/h5-7H,4H2,1-3H3. The summed E-state index contributed by atoms with van der Waals surface area (Å²) in [5, 5.41) is 0. The van der Waals surface area contributed by atoms with Crippen molar-refractivity contribution in [1.82, 2.24) is 4.98 Å². The number of nitrogens with zero attached hydrogens (tertiary/aromatic N) is 2. The average molecular weight is 150 g/mol. The molecule has 0 saturated carbocycles. The van der Waals surface area contributed by atoms with E-state index in [4.69, 9.17) is 0 Å². The zero-order chi connectivity index (χ0) is 8.27. The van der Waals surface area contributed by atoms with Crippen molar-refractivity contribution in [3.8, 4) is 0 Å². The summed E-state index contributed by atoms with van der Waals surface area (Å²) in [5.74, 6) is 0. The van der Waals surface area contributed by atoms with Crippen LogP contribution in [0, 0.1) is 6.92 Å². The third-order valence-electron chi connectivity index (χ3n) is 1.81. The molecule has 0 N–H and O–H groups in total. The van der Waals surface area contributed by atoms with Gasteiger partial charge in [-0.2, -0.15) is 0 Å². The van der Waals surface area contributed by atoms with Crippen LogP contribution in [0.1, 0.15) is 12.6 Å². The summed E-state index contributed by atoms with van der Waals surface area (Å²) in [7, 11) is 2.06. The Bertz CT molecular complexity index is 216. The highest BCUT2D eigenvalue weighted by atomic mass is 15.1. The molecule has 60 valence electrons. The zero-order valence-electron chi connectivity index (χ0n) is 7.33. The molecule has 0 aliphatic carbocycles. The molecule has 0 saturated heterocycles. The van der Waals surface area contributed by atoms with Gasteiger partial charge in [0, 0.05) is 19.3 Å². The summed E-state index contributed by atoms with van der Waals surface area (Å²) < 4.78 is 0. The van der Waals surface area contributed by atoms with E-state index in [0.717, 1.165) is 12.2 Å². The van der Waals surface area contributed by atoms with Crippen LogP contribution in [0.15, 0.2) is 18.3 Å². The van der Waals surface area contributed by atoms with E-state index in [9.17, 15) is 0 Å². The van der Waals surface area contributed by atoms with Gasteiger partial charge in [-0.1, -0.05) is 0 Å². The molecule has 0 atom stereocenters. The summed E-state index contributed by atoms with van der Waals surface area (Å²) in [6, 6.07) is 4.12. The quantitative estimate of drug-likeness (QED) is 0.639. The maximum Gasteiger partial charge on any atom is 0.0550 e. The van der Waals surface area contributed by atoms with Gasteiger partial charge in [0.05, 0.1) is 11.9 Å². The highest BCUT2D eigenvalue weighted by Crippen LogP contribution is 2.09. The van der Waals surface area contributed by atoms with E-state index in [1.165, 1.54) is 5.69 Å². The van der Waals surface area contributed by atoms with Crippen molar-refractivity contribution in [3.05, 3.63) is 24.0 Å². The number of anilines is 1. The van der Waals surface area contributed by atoms with Gasteiger partial charge in [0.15, 0.2) is 0 Å². The van der Waals surface area contributed by atoms with Crippen molar-refractivity contribution >= 4 is 5.69 Å². The number of aryl methyl sites for hydroxylation is 1. The van der Waals surface area contributed by atoms with Gasteiger partial charge in [-0.05, 0) is 26.0 Å². The third kappa shape index (κ3) is 1.93. The third-order valence-corrected chi connectivity index (χ3v) is 1.81. The number of rotatable bonds is 2. The van der Waals surface area contributed by atoms with Crippen molar-refractivity contribution in [3.63, 3.8) is 0 Å². The highest BCUT2D eigenvalue weighted by Gasteiger charge is 1.95. The van der Waals surface area contributed by atoms with Gasteiger partial charge >= 0.3 is 0 Å². The van der Waals surface area contributed by atoms with Gasteiger partial charge in [0.1, 0.15) is 0 Å². The van der Waals surface area contributed by atoms with E-state index in [2.05, 4.69) is 29.9 Å². The lowest BCUT2D eigenvalue weighted by atomic mass is 10.3. The Labute approximate surface area is 67.9 Å². The molecule has 1 heterocycles. The first-order valence-corrected chi connectivity index (χ1v) is 3.88. The van der Waals surface area contributed by atoms with Crippen LogP contribution in [0.25, 0.3) is 0 Å². The summed E-state index contributed by atoms with van der Waals surface area (Å²) in [6.07, 6.45) is 1.90. The topological polar surface area (TPSA) is 16.1 Å². The minimum absolute atomic E-state index is 1.02. The SMILES string of the molecule is CCN(C)c1ccc(C)nc1. The molecule has 0 unspecified atom stereocenters. The molecule has 0 fully saturated rings. The van der Waals surface area contributed by atoms with E-state index < -0.39 is 0 Å². The smallest absolute Gasteiger partial charge is 0.0550 e. The van der Waals surface area contributed by atoms with Crippen LogP contribution in [0.2, 0.25) is 0 Å². The molecular weight excluding hydrogens is 136 g/mol. The fourth-order valence-electron chi connectivity index (χ4n) is 0.868. The first kappa shape index (κ1) is 8.05. The first-order chi connectivity index (χ1) is 5.24. The summed E-state index contributed by atoms with van der Waals surface area (Å²) >= 11 is 0. The molecule has 0 radical (unpaired) electrons. The molecule has 2 heteroatoms. The summed E-state index contributed by atoms with van der Waals surface area (Å²) in [4.78, 5) is 6.37. The molecule has 0 amide bonds. The Kier molecular flexibility index (Phi) is 2.47. The Morgan fingerprint density at radius 3 is 2.64 bits per heavy atom. The average Bonchev–Trinajstić information content (AvgIpc) is 2.05. The lowest BCUT2D eigenvalue weighted by Crippen LogP contribution is -2.15. The van der Waals surface area contributed by atoms with Crippen LogP contribution >= 0.6 is 0 Å². The molecule has 0 bridgehead atoms. The molecule has 0 aliphatic heterocycles. The lowest BCUT2D eigenvalue weighted by molar-refractivity contribution is 0.958. The second-order valence-corrected chi connectivity index (χ2v) is 2.67. The van der Waals surface area contributed by atoms with Crippen molar-refractivity contribution in [2.45, 2.75) is 13.8 Å². The predicted octanol–water partition coefficient (Wildman–Crippen LogP) is 1.85. The van der Waals surface area contributed by atoms with Crippen molar-refractivity contribution in [2.75, 3.05) is 18.5 Å². The number of hydrogen-bond acceptors (Lipinski definition) is 2. The van der Waals surface area contributed by atoms with Gasteiger partial charge in [0.2, 0.25) is 0 Å². The maximum atomic E-state index is 4.21.